The van der Waals surface area contributed by atoms with Crippen LogP contribution in [0.25, 0.3) is 0 Å². The van der Waals surface area contributed by atoms with Crippen molar-refractivity contribution in [1.29, 1.82) is 0 Å². The molecular formula is C13H24N4O3S. The van der Waals surface area contributed by atoms with E-state index in [4.69, 9.17) is 4.74 Å². The van der Waals surface area contributed by atoms with Crippen LogP contribution >= 0.6 is 0 Å². The quantitative estimate of drug-likeness (QED) is 0.732. The molecule has 0 spiro atoms. The van der Waals surface area contributed by atoms with Crippen LogP contribution in [0.5, 0.6) is 0 Å². The molecule has 1 aromatic rings. The standard InChI is InChI=1S/C13H24N4O3S/c1-3-12-11-20-8-7-17(12)21(18,19)13-9-15-16(10-13)6-4-5-14-2/h9-10,12,14H,3-8,11H2,1-2H3. The molecule has 0 aliphatic carbocycles. The predicted molar refractivity (Wildman–Crippen MR) is 79.6 cm³/mol. The SMILES string of the molecule is CCC1COCCN1S(=O)(=O)c1cnn(CCCNC)c1. The molecule has 1 unspecified atom stereocenters. The van der Waals surface area contributed by atoms with Crippen molar-refractivity contribution in [3.05, 3.63) is 12.4 Å². The lowest BCUT2D eigenvalue weighted by molar-refractivity contribution is 0.0314. The Bertz CT molecular complexity index is 543. The Labute approximate surface area is 126 Å². The van der Waals surface area contributed by atoms with Crippen molar-refractivity contribution in [1.82, 2.24) is 19.4 Å². The zero-order chi connectivity index (χ0) is 15.3. The minimum Gasteiger partial charge on any atom is -0.378 e. The second-order valence-corrected chi connectivity index (χ2v) is 7.04. The maximum atomic E-state index is 12.7. The van der Waals surface area contributed by atoms with Gasteiger partial charge < -0.3 is 10.1 Å². The Kier molecular flexibility index (Phi) is 5.74. The van der Waals surface area contributed by atoms with Crippen molar-refractivity contribution < 1.29 is 13.2 Å². The van der Waals surface area contributed by atoms with Crippen molar-refractivity contribution in [2.45, 2.75) is 37.2 Å². The minimum absolute atomic E-state index is 0.0867. The molecule has 1 aliphatic rings. The first kappa shape index (κ1) is 16.4. The monoisotopic (exact) mass is 316 g/mol. The Morgan fingerprint density at radius 1 is 1.52 bits per heavy atom. The zero-order valence-corrected chi connectivity index (χ0v) is 13.5. The lowest BCUT2D eigenvalue weighted by atomic mass is 10.2. The maximum Gasteiger partial charge on any atom is 0.246 e. The first-order valence-corrected chi connectivity index (χ1v) is 8.80. The minimum atomic E-state index is -3.48. The average molecular weight is 316 g/mol. The Morgan fingerprint density at radius 3 is 3.05 bits per heavy atom. The van der Waals surface area contributed by atoms with Gasteiger partial charge in [0.05, 0.1) is 19.4 Å². The van der Waals surface area contributed by atoms with Gasteiger partial charge in [-0.2, -0.15) is 9.40 Å². The molecule has 1 atom stereocenters. The van der Waals surface area contributed by atoms with Crippen LogP contribution in [0.1, 0.15) is 19.8 Å². The van der Waals surface area contributed by atoms with Gasteiger partial charge in [0, 0.05) is 25.3 Å². The number of aromatic nitrogens is 2. The average Bonchev–Trinajstić information content (AvgIpc) is 2.97. The number of ether oxygens (including phenoxy) is 1. The molecule has 0 saturated carbocycles. The smallest absolute Gasteiger partial charge is 0.246 e. The molecule has 8 heteroatoms. The van der Waals surface area contributed by atoms with Crippen LogP contribution in [0.2, 0.25) is 0 Å². The van der Waals surface area contributed by atoms with Crippen molar-refractivity contribution >= 4 is 10.0 Å². The van der Waals surface area contributed by atoms with Crippen molar-refractivity contribution in [3.8, 4) is 0 Å². The number of rotatable bonds is 7. The van der Waals surface area contributed by atoms with E-state index in [1.54, 1.807) is 15.2 Å². The second kappa shape index (κ2) is 7.35. The van der Waals surface area contributed by atoms with E-state index in [9.17, 15) is 8.42 Å². The highest BCUT2D eigenvalue weighted by atomic mass is 32.2. The van der Waals surface area contributed by atoms with E-state index in [0.717, 1.165) is 19.4 Å². The van der Waals surface area contributed by atoms with Crippen molar-refractivity contribution in [3.63, 3.8) is 0 Å². The molecule has 0 aromatic carbocycles. The molecule has 0 radical (unpaired) electrons. The van der Waals surface area contributed by atoms with Gasteiger partial charge in [0.25, 0.3) is 0 Å². The lowest BCUT2D eigenvalue weighted by Crippen LogP contribution is -2.48. The van der Waals surface area contributed by atoms with E-state index >= 15 is 0 Å². The predicted octanol–water partition coefficient (Wildman–Crippen LogP) is 0.292. The molecule has 21 heavy (non-hydrogen) atoms. The first-order valence-electron chi connectivity index (χ1n) is 7.36. The van der Waals surface area contributed by atoms with Crippen LogP contribution in [0, 0.1) is 0 Å². The molecule has 1 fully saturated rings. The van der Waals surface area contributed by atoms with E-state index in [-0.39, 0.29) is 10.9 Å². The Morgan fingerprint density at radius 2 is 2.33 bits per heavy atom. The van der Waals surface area contributed by atoms with E-state index in [1.807, 2.05) is 14.0 Å². The van der Waals surface area contributed by atoms with Gasteiger partial charge >= 0.3 is 0 Å². The molecule has 120 valence electrons. The first-order chi connectivity index (χ1) is 10.1. The molecular weight excluding hydrogens is 292 g/mol. The summed E-state index contributed by atoms with van der Waals surface area (Å²) in [5.74, 6) is 0. The van der Waals surface area contributed by atoms with E-state index in [0.29, 0.717) is 26.3 Å². The summed E-state index contributed by atoms with van der Waals surface area (Å²) in [4.78, 5) is 0.271. The molecule has 2 rings (SSSR count). The summed E-state index contributed by atoms with van der Waals surface area (Å²) in [6.07, 6.45) is 4.71. The summed E-state index contributed by atoms with van der Waals surface area (Å²) >= 11 is 0. The summed E-state index contributed by atoms with van der Waals surface area (Å²) in [6.45, 7) is 4.88. The van der Waals surface area contributed by atoms with Crippen molar-refractivity contribution in [2.75, 3.05) is 33.4 Å². The molecule has 1 N–H and O–H groups in total. The van der Waals surface area contributed by atoms with Crippen LogP contribution in [0.3, 0.4) is 0 Å². The molecule has 1 saturated heterocycles. The third kappa shape index (κ3) is 3.82. The van der Waals surface area contributed by atoms with Crippen molar-refractivity contribution in [2.24, 2.45) is 0 Å². The van der Waals surface area contributed by atoms with Gasteiger partial charge in [0.2, 0.25) is 10.0 Å². The topological polar surface area (TPSA) is 76.5 Å². The van der Waals surface area contributed by atoms with Crippen LogP contribution in [0.4, 0.5) is 0 Å². The molecule has 1 aromatic heterocycles. The fraction of sp³-hybridized carbons (Fsp3) is 0.769. The summed E-state index contributed by atoms with van der Waals surface area (Å²) in [5, 5.41) is 7.21. The number of hydrogen-bond donors (Lipinski definition) is 1. The van der Waals surface area contributed by atoms with E-state index < -0.39 is 10.0 Å². The largest absolute Gasteiger partial charge is 0.378 e. The number of nitrogens with zero attached hydrogens (tertiary/aromatic N) is 3. The molecule has 2 heterocycles. The molecule has 1 aliphatic heterocycles. The zero-order valence-electron chi connectivity index (χ0n) is 12.7. The van der Waals surface area contributed by atoms with Gasteiger partial charge in [-0.3, -0.25) is 4.68 Å². The highest BCUT2D eigenvalue weighted by Gasteiger charge is 2.33. The second-order valence-electron chi connectivity index (χ2n) is 5.15. The third-order valence-corrected chi connectivity index (χ3v) is 5.58. The van der Waals surface area contributed by atoms with Gasteiger partial charge in [-0.25, -0.2) is 8.42 Å². The summed E-state index contributed by atoms with van der Waals surface area (Å²) in [6, 6.07) is -0.0867. The number of sulfonamides is 1. The third-order valence-electron chi connectivity index (χ3n) is 3.67. The van der Waals surface area contributed by atoms with Crippen LogP contribution in [-0.2, 0) is 21.3 Å². The van der Waals surface area contributed by atoms with Gasteiger partial charge in [-0.05, 0) is 26.4 Å². The lowest BCUT2D eigenvalue weighted by Gasteiger charge is -2.33. The van der Waals surface area contributed by atoms with E-state index in [2.05, 4.69) is 10.4 Å². The summed E-state index contributed by atoms with van der Waals surface area (Å²) in [5.41, 5.74) is 0. The number of aryl methyl sites for hydroxylation is 1. The maximum absolute atomic E-state index is 12.7. The van der Waals surface area contributed by atoms with Crippen LogP contribution < -0.4 is 5.32 Å². The fourth-order valence-electron chi connectivity index (χ4n) is 2.43. The normalized spacial score (nSPS) is 20.8. The molecule has 0 amide bonds. The number of nitrogens with one attached hydrogen (secondary N) is 1. The highest BCUT2D eigenvalue weighted by molar-refractivity contribution is 7.89. The van der Waals surface area contributed by atoms with Gasteiger partial charge in [0.15, 0.2) is 0 Å². The fourth-order valence-corrected chi connectivity index (χ4v) is 4.05. The Balaban J connectivity index is 2.11. The number of hydrogen-bond acceptors (Lipinski definition) is 5. The number of morpholine rings is 1. The van der Waals surface area contributed by atoms with Crippen LogP contribution in [0.15, 0.2) is 17.3 Å². The van der Waals surface area contributed by atoms with Gasteiger partial charge in [-0.15, -0.1) is 0 Å². The molecule has 7 nitrogen and oxygen atoms in total. The van der Waals surface area contributed by atoms with Gasteiger partial charge in [0.1, 0.15) is 4.90 Å². The van der Waals surface area contributed by atoms with Crippen LogP contribution in [-0.4, -0.2) is 61.9 Å². The Hall–Kier alpha value is -0.960. The highest BCUT2D eigenvalue weighted by Crippen LogP contribution is 2.21. The molecule has 0 bridgehead atoms. The summed E-state index contributed by atoms with van der Waals surface area (Å²) in [7, 11) is -1.59. The van der Waals surface area contributed by atoms with E-state index in [1.165, 1.54) is 6.20 Å². The van der Waals surface area contributed by atoms with Gasteiger partial charge in [-0.1, -0.05) is 6.92 Å². The summed E-state index contributed by atoms with van der Waals surface area (Å²) < 4.78 is 34.0.